The van der Waals surface area contributed by atoms with Gasteiger partial charge < -0.3 is 10.4 Å². The molecule has 0 bridgehead atoms. The molecule has 0 aromatic heterocycles. The summed E-state index contributed by atoms with van der Waals surface area (Å²) >= 11 is 0. The average molecular weight is 470 g/mol. The van der Waals surface area contributed by atoms with E-state index >= 15 is 0 Å². The molecule has 1 atom stereocenters. The number of rotatable bonds is 20. The maximum Gasteiger partial charge on any atom is 0.303 e. The summed E-state index contributed by atoms with van der Waals surface area (Å²) in [4.78, 5) is 22.9. The Balaban J connectivity index is 3.80. The van der Waals surface area contributed by atoms with Crippen LogP contribution < -0.4 is 5.32 Å². The van der Waals surface area contributed by atoms with Crippen molar-refractivity contribution in [3.05, 3.63) is 72.9 Å². The zero-order chi connectivity index (χ0) is 25.3. The first-order valence-corrected chi connectivity index (χ1v) is 12.8. The van der Waals surface area contributed by atoms with Crippen molar-refractivity contribution >= 4 is 11.9 Å². The van der Waals surface area contributed by atoms with Crippen LogP contribution in [0.3, 0.4) is 0 Å². The molecule has 1 amide bonds. The van der Waals surface area contributed by atoms with Crippen LogP contribution in [0, 0.1) is 11.8 Å². The normalized spacial score (nSPS) is 13.6. The van der Waals surface area contributed by atoms with E-state index in [1.807, 2.05) is 6.08 Å². The summed E-state index contributed by atoms with van der Waals surface area (Å²) in [7, 11) is 0. The number of carbonyl (C=O) groups is 2. The molecule has 0 rings (SSSR count). The van der Waals surface area contributed by atoms with E-state index < -0.39 is 5.97 Å². The lowest BCUT2D eigenvalue weighted by molar-refractivity contribution is -0.138. The number of nitrogens with one attached hydrogen (secondary N) is 1. The zero-order valence-corrected chi connectivity index (χ0v) is 21.6. The van der Waals surface area contributed by atoms with Gasteiger partial charge in [-0.1, -0.05) is 93.7 Å². The second-order valence-corrected chi connectivity index (χ2v) is 8.85. The summed E-state index contributed by atoms with van der Waals surface area (Å²) in [6.07, 6.45) is 33.9. The Morgan fingerprint density at radius 3 is 1.59 bits per heavy atom. The van der Waals surface area contributed by atoms with Crippen molar-refractivity contribution in [2.24, 2.45) is 11.8 Å². The molecule has 0 spiro atoms. The van der Waals surface area contributed by atoms with Crippen molar-refractivity contribution < 1.29 is 14.7 Å². The van der Waals surface area contributed by atoms with Crippen molar-refractivity contribution in [2.45, 2.75) is 85.0 Å². The van der Waals surface area contributed by atoms with Crippen LogP contribution in [0.25, 0.3) is 0 Å². The van der Waals surface area contributed by atoms with E-state index in [0.717, 1.165) is 44.9 Å². The van der Waals surface area contributed by atoms with E-state index in [0.29, 0.717) is 25.3 Å². The van der Waals surface area contributed by atoms with E-state index in [1.165, 1.54) is 0 Å². The van der Waals surface area contributed by atoms with Gasteiger partial charge in [-0.05, 0) is 63.2 Å². The summed E-state index contributed by atoms with van der Waals surface area (Å²) in [5.41, 5.74) is 0. The standard InChI is InChI=1S/C30H47NO3/c1-4-5-6-7-8-9-10-11-12-13-14-15-16-17-18-19-20-21-22-23-29(32)31-26-28(24-27(2)3)25-30(33)34/h5-6,8-9,11-12,14-15,17-18,20-21,27-28H,4,7,10,13,16,19,22-26H2,1-3H3,(H,31,32)(H,33,34)/b6-5-,9-8-,12-11-,15-14-,18-17-,21-20-/t28-/m0/s1. The number of amides is 1. The molecule has 34 heavy (non-hydrogen) atoms. The molecule has 0 aromatic rings. The fraction of sp³-hybridized carbons (Fsp3) is 0.533. The van der Waals surface area contributed by atoms with Crippen LogP contribution in [-0.4, -0.2) is 23.5 Å². The maximum atomic E-state index is 12.0. The zero-order valence-electron chi connectivity index (χ0n) is 21.6. The van der Waals surface area contributed by atoms with Gasteiger partial charge in [-0.2, -0.15) is 0 Å². The van der Waals surface area contributed by atoms with Crippen molar-refractivity contribution in [3.8, 4) is 0 Å². The van der Waals surface area contributed by atoms with Gasteiger partial charge >= 0.3 is 5.97 Å². The predicted molar refractivity (Wildman–Crippen MR) is 146 cm³/mol. The second kappa shape index (κ2) is 23.5. The number of aliphatic carboxylic acids is 1. The molecule has 0 saturated heterocycles. The minimum absolute atomic E-state index is 0.00711. The van der Waals surface area contributed by atoms with Crippen molar-refractivity contribution in [1.82, 2.24) is 5.32 Å². The number of allylic oxidation sites excluding steroid dienone is 12. The topological polar surface area (TPSA) is 66.4 Å². The van der Waals surface area contributed by atoms with Gasteiger partial charge in [0.25, 0.3) is 0 Å². The first-order valence-electron chi connectivity index (χ1n) is 12.8. The first kappa shape index (κ1) is 31.4. The Morgan fingerprint density at radius 1 is 0.735 bits per heavy atom. The fourth-order valence-electron chi connectivity index (χ4n) is 3.35. The largest absolute Gasteiger partial charge is 0.481 e. The van der Waals surface area contributed by atoms with Gasteiger partial charge in [-0.3, -0.25) is 9.59 Å². The molecular weight excluding hydrogens is 422 g/mol. The van der Waals surface area contributed by atoms with Gasteiger partial charge in [0.1, 0.15) is 0 Å². The Morgan fingerprint density at radius 2 is 1.18 bits per heavy atom. The number of hydrogen-bond donors (Lipinski definition) is 2. The molecule has 2 N–H and O–H groups in total. The molecule has 4 heteroatoms. The molecule has 0 radical (unpaired) electrons. The molecular formula is C30H47NO3. The minimum Gasteiger partial charge on any atom is -0.481 e. The third-order valence-electron chi connectivity index (χ3n) is 4.99. The second-order valence-electron chi connectivity index (χ2n) is 8.85. The SMILES string of the molecule is CC/C=C\C/C=C\C/C=C\C/C=C\C/C=C\C/C=C\CCC(=O)NC[C@H](CC(=O)O)CC(C)C. The Labute approximate surface area is 208 Å². The van der Waals surface area contributed by atoms with Crippen LogP contribution in [0.15, 0.2) is 72.9 Å². The smallest absolute Gasteiger partial charge is 0.303 e. The highest BCUT2D eigenvalue weighted by atomic mass is 16.4. The van der Waals surface area contributed by atoms with Gasteiger partial charge in [-0.15, -0.1) is 0 Å². The third-order valence-corrected chi connectivity index (χ3v) is 4.99. The van der Waals surface area contributed by atoms with Gasteiger partial charge in [0.05, 0.1) is 0 Å². The third kappa shape index (κ3) is 24.0. The van der Waals surface area contributed by atoms with Gasteiger partial charge in [0, 0.05) is 19.4 Å². The summed E-state index contributed by atoms with van der Waals surface area (Å²) in [5, 5.41) is 11.9. The minimum atomic E-state index is -0.808. The molecule has 190 valence electrons. The van der Waals surface area contributed by atoms with Crippen LogP contribution in [0.1, 0.15) is 85.0 Å². The molecule has 0 saturated carbocycles. The van der Waals surface area contributed by atoms with E-state index in [9.17, 15) is 9.59 Å². The van der Waals surface area contributed by atoms with Crippen LogP contribution in [0.2, 0.25) is 0 Å². The number of carboxylic acids is 1. The Hall–Kier alpha value is -2.62. The van der Waals surface area contributed by atoms with E-state index in [4.69, 9.17) is 5.11 Å². The van der Waals surface area contributed by atoms with E-state index in [2.05, 4.69) is 92.9 Å². The maximum absolute atomic E-state index is 12.0. The van der Waals surface area contributed by atoms with Crippen molar-refractivity contribution in [1.29, 1.82) is 0 Å². The fourth-order valence-corrected chi connectivity index (χ4v) is 3.35. The van der Waals surface area contributed by atoms with Gasteiger partial charge in [-0.25, -0.2) is 0 Å². The Kier molecular flexibility index (Phi) is 21.7. The number of carbonyl (C=O) groups excluding carboxylic acids is 1. The molecule has 4 nitrogen and oxygen atoms in total. The van der Waals surface area contributed by atoms with E-state index in [-0.39, 0.29) is 18.2 Å². The molecule has 0 aromatic carbocycles. The molecule has 0 fully saturated rings. The van der Waals surface area contributed by atoms with Crippen LogP contribution in [0.5, 0.6) is 0 Å². The van der Waals surface area contributed by atoms with Crippen molar-refractivity contribution in [2.75, 3.05) is 6.54 Å². The molecule has 0 aliphatic carbocycles. The molecule has 0 unspecified atom stereocenters. The number of carboxylic acid groups (broad SMARTS) is 1. The average Bonchev–Trinajstić information content (AvgIpc) is 2.78. The number of hydrogen-bond acceptors (Lipinski definition) is 2. The molecule has 0 heterocycles. The lowest BCUT2D eigenvalue weighted by atomic mass is 9.94. The molecule has 0 aliphatic heterocycles. The lowest BCUT2D eigenvalue weighted by Crippen LogP contribution is -2.30. The van der Waals surface area contributed by atoms with E-state index in [1.54, 1.807) is 0 Å². The summed E-state index contributed by atoms with van der Waals surface area (Å²) in [6, 6.07) is 0. The Bertz CT molecular complexity index is 696. The van der Waals surface area contributed by atoms with Crippen LogP contribution in [0.4, 0.5) is 0 Å². The highest BCUT2D eigenvalue weighted by Crippen LogP contribution is 2.14. The first-order chi connectivity index (χ1) is 16.5. The monoisotopic (exact) mass is 469 g/mol. The van der Waals surface area contributed by atoms with Gasteiger partial charge in [0.15, 0.2) is 0 Å². The highest BCUT2D eigenvalue weighted by molar-refractivity contribution is 5.76. The summed E-state index contributed by atoms with van der Waals surface area (Å²) < 4.78 is 0. The van der Waals surface area contributed by atoms with Crippen molar-refractivity contribution in [3.63, 3.8) is 0 Å². The van der Waals surface area contributed by atoms with Crippen LogP contribution in [-0.2, 0) is 9.59 Å². The summed E-state index contributed by atoms with van der Waals surface area (Å²) in [6.45, 7) is 6.72. The molecule has 0 aliphatic rings. The van der Waals surface area contributed by atoms with Gasteiger partial charge in [0.2, 0.25) is 5.91 Å². The van der Waals surface area contributed by atoms with Crippen LogP contribution >= 0.6 is 0 Å². The summed E-state index contributed by atoms with van der Waals surface area (Å²) in [5.74, 6) is -0.413. The quantitative estimate of drug-likeness (QED) is 0.179. The predicted octanol–water partition coefficient (Wildman–Crippen LogP) is 7.72. The lowest BCUT2D eigenvalue weighted by Gasteiger charge is -2.17. The highest BCUT2D eigenvalue weighted by Gasteiger charge is 2.15.